The molecule has 0 heterocycles. The normalized spacial score (nSPS) is 12.0. The molecule has 0 saturated heterocycles. The summed E-state index contributed by atoms with van der Waals surface area (Å²) in [7, 11) is 0. The Balaban J connectivity index is 4.02. The average molecular weight is 904 g/mol. The lowest BCUT2D eigenvalue weighted by Gasteiger charge is -2.18. The van der Waals surface area contributed by atoms with Gasteiger partial charge in [0.2, 0.25) is 0 Å². The van der Waals surface area contributed by atoms with Crippen LogP contribution in [0.5, 0.6) is 0 Å². The Labute approximate surface area is 399 Å². The van der Waals surface area contributed by atoms with E-state index in [1.54, 1.807) is 0 Å². The molecule has 0 N–H and O–H groups in total. The summed E-state index contributed by atoms with van der Waals surface area (Å²) in [5.74, 6) is -0.850. The first kappa shape index (κ1) is 62.1. The van der Waals surface area contributed by atoms with Crippen LogP contribution in [0.25, 0.3) is 0 Å². The third-order valence-electron chi connectivity index (χ3n) is 13.0. The molecule has 0 aliphatic rings. The lowest BCUT2D eigenvalue weighted by atomic mass is 10.0. The van der Waals surface area contributed by atoms with Gasteiger partial charge in [-0.05, 0) is 44.9 Å². The van der Waals surface area contributed by atoms with Gasteiger partial charge in [-0.3, -0.25) is 14.4 Å². The fourth-order valence-corrected chi connectivity index (χ4v) is 8.68. The van der Waals surface area contributed by atoms with Crippen molar-refractivity contribution in [2.45, 2.75) is 329 Å². The van der Waals surface area contributed by atoms with Gasteiger partial charge in [-0.1, -0.05) is 270 Å². The number of unbranched alkanes of at least 4 members (excludes halogenated alkanes) is 40. The van der Waals surface area contributed by atoms with Crippen molar-refractivity contribution in [2.75, 3.05) is 13.2 Å². The average Bonchev–Trinajstić information content (AvgIpc) is 3.29. The summed E-state index contributed by atoms with van der Waals surface area (Å²) in [4.78, 5) is 37.9. The van der Waals surface area contributed by atoms with E-state index in [0.29, 0.717) is 19.3 Å². The first-order chi connectivity index (χ1) is 31.5. The molecule has 64 heavy (non-hydrogen) atoms. The van der Waals surface area contributed by atoms with Crippen LogP contribution in [0.4, 0.5) is 0 Å². The van der Waals surface area contributed by atoms with Crippen molar-refractivity contribution in [2.24, 2.45) is 0 Å². The van der Waals surface area contributed by atoms with Gasteiger partial charge in [0.1, 0.15) is 13.2 Å². The minimum absolute atomic E-state index is 0.0642. The zero-order chi connectivity index (χ0) is 46.5. The second-order valence-electron chi connectivity index (χ2n) is 19.6. The Bertz CT molecular complexity index is 993. The highest BCUT2D eigenvalue weighted by Gasteiger charge is 2.19. The summed E-state index contributed by atoms with van der Waals surface area (Å²) in [6.07, 6.45) is 60.9. The molecule has 0 aromatic heterocycles. The maximum atomic E-state index is 12.7. The lowest BCUT2D eigenvalue weighted by Crippen LogP contribution is -2.30. The fourth-order valence-electron chi connectivity index (χ4n) is 8.68. The van der Waals surface area contributed by atoms with E-state index in [1.165, 1.54) is 225 Å². The van der Waals surface area contributed by atoms with Gasteiger partial charge in [-0.15, -0.1) is 0 Å². The highest BCUT2D eigenvalue weighted by atomic mass is 16.6. The first-order valence-electron chi connectivity index (χ1n) is 28.7. The predicted octanol–water partition coefficient (Wildman–Crippen LogP) is 18.9. The van der Waals surface area contributed by atoms with E-state index in [0.717, 1.165) is 57.8 Å². The van der Waals surface area contributed by atoms with Crippen molar-refractivity contribution in [3.8, 4) is 0 Å². The van der Waals surface area contributed by atoms with Crippen molar-refractivity contribution in [3.05, 3.63) is 12.2 Å². The van der Waals surface area contributed by atoms with Crippen LogP contribution in [0.2, 0.25) is 0 Å². The van der Waals surface area contributed by atoms with E-state index in [4.69, 9.17) is 14.2 Å². The summed E-state index contributed by atoms with van der Waals surface area (Å²) in [5.41, 5.74) is 0. The zero-order valence-electron chi connectivity index (χ0n) is 43.3. The molecule has 0 amide bonds. The molecule has 6 nitrogen and oxygen atoms in total. The molecule has 0 aliphatic heterocycles. The van der Waals surface area contributed by atoms with Gasteiger partial charge in [-0.25, -0.2) is 0 Å². The SMILES string of the molecule is CCCCCCCCCC/C=C\CCCCCCCCCCCCCCCCCC(=O)OCC(COC(=O)CCCCCCCCCCC)OC(=O)CCCCCCCCCCCC. The van der Waals surface area contributed by atoms with E-state index in [1.807, 2.05) is 0 Å². The van der Waals surface area contributed by atoms with Gasteiger partial charge < -0.3 is 14.2 Å². The van der Waals surface area contributed by atoms with Crippen LogP contribution in [-0.4, -0.2) is 37.2 Å². The number of hydrogen-bond acceptors (Lipinski definition) is 6. The zero-order valence-corrected chi connectivity index (χ0v) is 43.3. The van der Waals surface area contributed by atoms with Crippen LogP contribution < -0.4 is 0 Å². The van der Waals surface area contributed by atoms with E-state index in [2.05, 4.69) is 32.9 Å². The summed E-state index contributed by atoms with van der Waals surface area (Å²) < 4.78 is 16.8. The second kappa shape index (κ2) is 53.8. The molecule has 0 rings (SSSR count). The number of rotatable bonds is 53. The first-order valence-corrected chi connectivity index (χ1v) is 28.7. The molecule has 1 unspecified atom stereocenters. The maximum absolute atomic E-state index is 12.7. The van der Waals surface area contributed by atoms with Crippen LogP contribution in [0.3, 0.4) is 0 Å². The Hall–Kier alpha value is -1.85. The van der Waals surface area contributed by atoms with Crippen LogP contribution in [0.1, 0.15) is 323 Å². The Morgan fingerprint density at radius 1 is 0.297 bits per heavy atom. The van der Waals surface area contributed by atoms with Gasteiger partial charge in [0.05, 0.1) is 0 Å². The minimum atomic E-state index is -0.761. The smallest absolute Gasteiger partial charge is 0.306 e. The number of esters is 3. The van der Waals surface area contributed by atoms with Crippen molar-refractivity contribution >= 4 is 17.9 Å². The predicted molar refractivity (Wildman–Crippen MR) is 275 cm³/mol. The summed E-state index contributed by atoms with van der Waals surface area (Å²) in [6, 6.07) is 0. The monoisotopic (exact) mass is 903 g/mol. The van der Waals surface area contributed by atoms with E-state index >= 15 is 0 Å². The van der Waals surface area contributed by atoms with Gasteiger partial charge in [0, 0.05) is 19.3 Å². The van der Waals surface area contributed by atoms with Crippen LogP contribution in [-0.2, 0) is 28.6 Å². The second-order valence-corrected chi connectivity index (χ2v) is 19.6. The van der Waals surface area contributed by atoms with Crippen molar-refractivity contribution in [1.29, 1.82) is 0 Å². The molecule has 0 radical (unpaired) electrons. The molecular weight excluding hydrogens is 793 g/mol. The molecular formula is C58H110O6. The third kappa shape index (κ3) is 51.1. The van der Waals surface area contributed by atoms with Crippen molar-refractivity contribution in [1.82, 2.24) is 0 Å². The number of carbonyl (C=O) groups excluding carboxylic acids is 3. The molecule has 1 atom stereocenters. The number of allylic oxidation sites excluding steroid dienone is 2. The van der Waals surface area contributed by atoms with E-state index in [9.17, 15) is 14.4 Å². The topological polar surface area (TPSA) is 78.9 Å². The lowest BCUT2D eigenvalue weighted by molar-refractivity contribution is -0.167. The standard InChI is InChI=1S/C58H110O6/c1-4-7-10-13-16-19-21-22-23-24-25-26-27-28-29-30-31-32-33-34-35-36-37-40-42-45-48-51-57(60)63-54-55(53-62-56(59)50-47-44-41-38-18-15-12-9-6-3)64-58(61)52-49-46-43-39-20-17-14-11-8-5-2/h24-25,55H,4-23,26-54H2,1-3H3/b25-24-. The van der Waals surface area contributed by atoms with Crippen molar-refractivity contribution in [3.63, 3.8) is 0 Å². The van der Waals surface area contributed by atoms with Crippen LogP contribution in [0.15, 0.2) is 12.2 Å². The molecule has 0 aromatic carbocycles. The molecule has 378 valence electrons. The summed E-state index contributed by atoms with van der Waals surface area (Å²) in [6.45, 7) is 6.65. The summed E-state index contributed by atoms with van der Waals surface area (Å²) >= 11 is 0. The Morgan fingerprint density at radius 2 is 0.516 bits per heavy atom. The van der Waals surface area contributed by atoms with Gasteiger partial charge in [-0.2, -0.15) is 0 Å². The number of ether oxygens (including phenoxy) is 3. The summed E-state index contributed by atoms with van der Waals surface area (Å²) in [5, 5.41) is 0. The number of carbonyl (C=O) groups is 3. The highest BCUT2D eigenvalue weighted by Crippen LogP contribution is 2.17. The van der Waals surface area contributed by atoms with E-state index < -0.39 is 6.10 Å². The molecule has 0 saturated carbocycles. The maximum Gasteiger partial charge on any atom is 0.306 e. The molecule has 0 aromatic rings. The number of hydrogen-bond donors (Lipinski definition) is 0. The van der Waals surface area contributed by atoms with Crippen LogP contribution >= 0.6 is 0 Å². The van der Waals surface area contributed by atoms with Crippen LogP contribution in [0, 0.1) is 0 Å². The van der Waals surface area contributed by atoms with Crippen molar-refractivity contribution < 1.29 is 28.6 Å². The van der Waals surface area contributed by atoms with Gasteiger partial charge in [0.15, 0.2) is 6.10 Å². The van der Waals surface area contributed by atoms with Gasteiger partial charge in [0.25, 0.3) is 0 Å². The van der Waals surface area contributed by atoms with Gasteiger partial charge >= 0.3 is 17.9 Å². The Kier molecular flexibility index (Phi) is 52.2. The minimum Gasteiger partial charge on any atom is -0.462 e. The highest BCUT2D eigenvalue weighted by molar-refractivity contribution is 5.71. The quantitative estimate of drug-likeness (QED) is 0.0262. The molecule has 6 heteroatoms. The Morgan fingerprint density at radius 3 is 0.781 bits per heavy atom. The van der Waals surface area contributed by atoms with E-state index in [-0.39, 0.29) is 31.1 Å². The third-order valence-corrected chi connectivity index (χ3v) is 13.0. The molecule has 0 aliphatic carbocycles. The fraction of sp³-hybridized carbons (Fsp3) is 0.914. The largest absolute Gasteiger partial charge is 0.462 e. The molecule has 0 bridgehead atoms. The molecule has 0 spiro atoms. The molecule has 0 fully saturated rings.